The summed E-state index contributed by atoms with van der Waals surface area (Å²) in [6.07, 6.45) is 6.39. The average molecular weight is 265 g/mol. The third-order valence-corrected chi connectivity index (χ3v) is 4.90. The van der Waals surface area contributed by atoms with Crippen LogP contribution in [0.3, 0.4) is 0 Å². The molecule has 2 fully saturated rings. The van der Waals surface area contributed by atoms with Crippen LogP contribution < -0.4 is 0 Å². The van der Waals surface area contributed by atoms with Crippen LogP contribution in [0.2, 0.25) is 0 Å². The minimum absolute atomic E-state index is 0.213. The molecule has 3 nitrogen and oxygen atoms in total. The van der Waals surface area contributed by atoms with E-state index in [1.807, 2.05) is 0 Å². The van der Waals surface area contributed by atoms with E-state index in [-0.39, 0.29) is 17.5 Å². The Balaban J connectivity index is 1.90. The molecule has 0 N–H and O–H groups in total. The SMILES string of the molecule is CCCCCC(=O)C1C[C@@H]2CN(C)CC[C@H]2CC1=O. The number of ketones is 2. The van der Waals surface area contributed by atoms with Gasteiger partial charge in [-0.3, -0.25) is 9.59 Å². The number of hydrogen-bond acceptors (Lipinski definition) is 3. The van der Waals surface area contributed by atoms with Gasteiger partial charge in [-0.1, -0.05) is 19.8 Å². The molecule has 3 atom stereocenters. The Hall–Kier alpha value is -0.700. The molecule has 0 bridgehead atoms. The Morgan fingerprint density at radius 2 is 2.11 bits per heavy atom. The highest BCUT2D eigenvalue weighted by molar-refractivity contribution is 6.02. The number of fused-ring (bicyclic) bond motifs is 1. The standard InChI is InChI=1S/C16H27NO2/c1-3-4-5-6-15(18)14-9-13-11-17(2)8-7-12(13)10-16(14)19/h12-14H,3-11H2,1-2H3/t12-,13+,14?/m0/s1. The van der Waals surface area contributed by atoms with Crippen molar-refractivity contribution in [1.29, 1.82) is 0 Å². The predicted octanol–water partition coefficient (Wildman–Crippen LogP) is 2.68. The third kappa shape index (κ3) is 3.65. The quantitative estimate of drug-likeness (QED) is 0.566. The first-order valence-corrected chi connectivity index (χ1v) is 7.85. The summed E-state index contributed by atoms with van der Waals surface area (Å²) in [5.41, 5.74) is 0. The van der Waals surface area contributed by atoms with Crippen molar-refractivity contribution in [3.63, 3.8) is 0 Å². The Kier molecular flexibility index (Phi) is 5.14. The Morgan fingerprint density at radius 3 is 2.84 bits per heavy atom. The minimum atomic E-state index is -0.274. The molecule has 0 spiro atoms. The van der Waals surface area contributed by atoms with E-state index in [1.165, 1.54) is 0 Å². The summed E-state index contributed by atoms with van der Waals surface area (Å²) in [6.45, 7) is 4.30. The summed E-state index contributed by atoms with van der Waals surface area (Å²) >= 11 is 0. The lowest BCUT2D eigenvalue weighted by Crippen LogP contribution is -2.45. The first kappa shape index (κ1) is 14.7. The van der Waals surface area contributed by atoms with Gasteiger partial charge in [-0.2, -0.15) is 0 Å². The van der Waals surface area contributed by atoms with Gasteiger partial charge in [0.2, 0.25) is 0 Å². The lowest BCUT2D eigenvalue weighted by atomic mass is 9.69. The second-order valence-corrected chi connectivity index (χ2v) is 6.45. The molecule has 1 saturated carbocycles. The highest BCUT2D eigenvalue weighted by atomic mass is 16.1. The van der Waals surface area contributed by atoms with Crippen LogP contribution in [0.4, 0.5) is 0 Å². The summed E-state index contributed by atoms with van der Waals surface area (Å²) in [4.78, 5) is 26.7. The van der Waals surface area contributed by atoms with Crippen LogP contribution in [-0.2, 0) is 9.59 Å². The smallest absolute Gasteiger partial charge is 0.143 e. The van der Waals surface area contributed by atoms with Gasteiger partial charge in [0.25, 0.3) is 0 Å². The van der Waals surface area contributed by atoms with Gasteiger partial charge in [0.1, 0.15) is 11.6 Å². The number of unbranched alkanes of at least 4 members (excludes halogenated alkanes) is 2. The van der Waals surface area contributed by atoms with Gasteiger partial charge in [0.15, 0.2) is 0 Å². The molecule has 3 heteroatoms. The van der Waals surface area contributed by atoms with E-state index in [0.717, 1.165) is 45.2 Å². The zero-order chi connectivity index (χ0) is 13.8. The van der Waals surface area contributed by atoms with Gasteiger partial charge in [-0.05, 0) is 44.7 Å². The molecule has 1 unspecified atom stereocenters. The summed E-state index contributed by atoms with van der Waals surface area (Å²) in [5, 5.41) is 0. The number of carbonyl (C=O) groups is 2. The van der Waals surface area contributed by atoms with Gasteiger partial charge in [0, 0.05) is 19.4 Å². The highest BCUT2D eigenvalue weighted by Crippen LogP contribution is 2.37. The van der Waals surface area contributed by atoms with Crippen molar-refractivity contribution in [1.82, 2.24) is 4.90 Å². The average Bonchev–Trinajstić information content (AvgIpc) is 2.38. The number of carbonyl (C=O) groups excluding carboxylic acids is 2. The normalized spacial score (nSPS) is 32.1. The van der Waals surface area contributed by atoms with Gasteiger partial charge in [0.05, 0.1) is 5.92 Å². The largest absolute Gasteiger partial charge is 0.306 e. The van der Waals surface area contributed by atoms with E-state index in [1.54, 1.807) is 0 Å². The summed E-state index contributed by atoms with van der Waals surface area (Å²) in [7, 11) is 2.14. The maximum Gasteiger partial charge on any atom is 0.143 e. The fourth-order valence-corrected chi connectivity index (χ4v) is 3.67. The van der Waals surface area contributed by atoms with E-state index in [9.17, 15) is 9.59 Å². The molecule has 0 amide bonds. The van der Waals surface area contributed by atoms with Crippen LogP contribution in [0.5, 0.6) is 0 Å². The first-order valence-electron chi connectivity index (χ1n) is 7.85. The summed E-state index contributed by atoms with van der Waals surface area (Å²) < 4.78 is 0. The van der Waals surface area contributed by atoms with Crippen molar-refractivity contribution in [3.8, 4) is 0 Å². The Morgan fingerprint density at radius 1 is 1.32 bits per heavy atom. The first-order chi connectivity index (χ1) is 9.11. The molecule has 1 aliphatic carbocycles. The molecule has 1 saturated heterocycles. The highest BCUT2D eigenvalue weighted by Gasteiger charge is 2.40. The second kappa shape index (κ2) is 6.65. The molecule has 0 aromatic carbocycles. The predicted molar refractivity (Wildman–Crippen MR) is 76.0 cm³/mol. The van der Waals surface area contributed by atoms with Crippen LogP contribution in [0.1, 0.15) is 51.9 Å². The molecular weight excluding hydrogens is 238 g/mol. The van der Waals surface area contributed by atoms with Gasteiger partial charge >= 0.3 is 0 Å². The molecule has 1 aliphatic heterocycles. The molecule has 0 radical (unpaired) electrons. The molecule has 0 aromatic rings. The summed E-state index contributed by atoms with van der Waals surface area (Å²) in [5.74, 6) is 1.28. The molecule has 2 aliphatic rings. The molecule has 108 valence electrons. The van der Waals surface area contributed by atoms with Crippen LogP contribution in [0.15, 0.2) is 0 Å². The topological polar surface area (TPSA) is 37.4 Å². The number of hydrogen-bond donors (Lipinski definition) is 0. The number of piperidine rings is 1. The maximum absolute atomic E-state index is 12.2. The number of likely N-dealkylation sites (tertiary alicyclic amines) is 1. The molecule has 19 heavy (non-hydrogen) atoms. The fourth-order valence-electron chi connectivity index (χ4n) is 3.67. The van der Waals surface area contributed by atoms with Crippen molar-refractivity contribution in [2.45, 2.75) is 51.9 Å². The Bertz CT molecular complexity index is 340. The van der Waals surface area contributed by atoms with Crippen molar-refractivity contribution >= 4 is 11.6 Å². The van der Waals surface area contributed by atoms with E-state index in [0.29, 0.717) is 24.7 Å². The number of rotatable bonds is 5. The fraction of sp³-hybridized carbons (Fsp3) is 0.875. The van der Waals surface area contributed by atoms with Gasteiger partial charge < -0.3 is 4.90 Å². The van der Waals surface area contributed by atoms with Crippen LogP contribution in [-0.4, -0.2) is 36.6 Å². The van der Waals surface area contributed by atoms with Crippen molar-refractivity contribution in [3.05, 3.63) is 0 Å². The second-order valence-electron chi connectivity index (χ2n) is 6.45. The molecule has 1 heterocycles. The van der Waals surface area contributed by atoms with Crippen molar-refractivity contribution in [2.75, 3.05) is 20.1 Å². The third-order valence-electron chi connectivity index (χ3n) is 4.90. The molecular formula is C16H27NO2. The van der Waals surface area contributed by atoms with Crippen LogP contribution in [0, 0.1) is 17.8 Å². The number of Topliss-reactive ketones (excluding diaryl/α,β-unsaturated/α-hetero) is 2. The van der Waals surface area contributed by atoms with E-state index < -0.39 is 0 Å². The van der Waals surface area contributed by atoms with Crippen LogP contribution in [0.25, 0.3) is 0 Å². The zero-order valence-electron chi connectivity index (χ0n) is 12.4. The number of nitrogens with zero attached hydrogens (tertiary/aromatic N) is 1. The van der Waals surface area contributed by atoms with Crippen molar-refractivity contribution in [2.24, 2.45) is 17.8 Å². The van der Waals surface area contributed by atoms with Crippen LogP contribution >= 0.6 is 0 Å². The Labute approximate surface area is 116 Å². The molecule has 0 aromatic heterocycles. The zero-order valence-corrected chi connectivity index (χ0v) is 12.4. The van der Waals surface area contributed by atoms with E-state index in [2.05, 4.69) is 18.9 Å². The minimum Gasteiger partial charge on any atom is -0.306 e. The van der Waals surface area contributed by atoms with Gasteiger partial charge in [-0.25, -0.2) is 0 Å². The summed E-state index contributed by atoms with van der Waals surface area (Å²) in [6, 6.07) is 0. The lowest BCUT2D eigenvalue weighted by Gasteiger charge is -2.41. The molecule has 2 rings (SSSR count). The van der Waals surface area contributed by atoms with E-state index in [4.69, 9.17) is 0 Å². The monoisotopic (exact) mass is 265 g/mol. The van der Waals surface area contributed by atoms with Crippen molar-refractivity contribution < 1.29 is 9.59 Å². The van der Waals surface area contributed by atoms with E-state index >= 15 is 0 Å². The van der Waals surface area contributed by atoms with Gasteiger partial charge in [-0.15, -0.1) is 0 Å². The lowest BCUT2D eigenvalue weighted by molar-refractivity contribution is -0.138. The maximum atomic E-state index is 12.2.